The maximum absolute atomic E-state index is 12.5. The van der Waals surface area contributed by atoms with E-state index in [9.17, 15) is 8.42 Å². The van der Waals surface area contributed by atoms with Crippen molar-refractivity contribution < 1.29 is 8.42 Å². The summed E-state index contributed by atoms with van der Waals surface area (Å²) in [6, 6.07) is 7.42. The van der Waals surface area contributed by atoms with Gasteiger partial charge in [0.15, 0.2) is 5.96 Å². The normalized spacial score (nSPS) is 20.7. The summed E-state index contributed by atoms with van der Waals surface area (Å²) in [5.74, 6) is 0.473. The van der Waals surface area contributed by atoms with Gasteiger partial charge in [-0.15, -0.1) is 0 Å². The van der Waals surface area contributed by atoms with Gasteiger partial charge in [-0.3, -0.25) is 0 Å². The highest BCUT2D eigenvalue weighted by Gasteiger charge is 2.26. The van der Waals surface area contributed by atoms with E-state index < -0.39 is 10.0 Å². The Morgan fingerprint density at radius 1 is 1.08 bits per heavy atom. The van der Waals surface area contributed by atoms with Gasteiger partial charge in [0, 0.05) is 19.1 Å². The Labute approximate surface area is 150 Å². The highest BCUT2D eigenvalue weighted by atomic mass is 32.2. The predicted octanol–water partition coefficient (Wildman–Crippen LogP) is 2.21. The summed E-state index contributed by atoms with van der Waals surface area (Å²) in [5, 5.41) is 3.29. The molecule has 1 saturated heterocycles. The molecule has 3 N–H and O–H groups in total. The van der Waals surface area contributed by atoms with Gasteiger partial charge < -0.3 is 11.1 Å². The van der Waals surface area contributed by atoms with Crippen molar-refractivity contribution in [2.45, 2.75) is 62.4 Å². The third-order valence-corrected chi connectivity index (χ3v) is 6.93. The fourth-order valence-corrected chi connectivity index (χ4v) is 5.04. The Kier molecular flexibility index (Phi) is 5.96. The molecule has 0 amide bonds. The standard InChI is InChI=1S/C18H28N4O2S/c19-18(21-16-6-2-1-3-7-16)20-14-15-8-10-17(11-9-15)25(23,24)22-12-4-5-13-22/h8-11,16H,1-7,12-14H2,(H3,19,20,21). The molecule has 3 rings (SSSR count). The smallest absolute Gasteiger partial charge is 0.243 e. The number of rotatable bonds is 5. The van der Waals surface area contributed by atoms with E-state index in [0.717, 1.165) is 31.2 Å². The van der Waals surface area contributed by atoms with Gasteiger partial charge in [0.2, 0.25) is 10.0 Å². The Hall–Kier alpha value is -1.60. The van der Waals surface area contributed by atoms with E-state index in [2.05, 4.69) is 10.3 Å². The van der Waals surface area contributed by atoms with Crippen molar-refractivity contribution >= 4 is 16.0 Å². The minimum atomic E-state index is -3.35. The molecular formula is C18H28N4O2S. The topological polar surface area (TPSA) is 87.8 Å². The zero-order valence-corrected chi connectivity index (χ0v) is 15.5. The van der Waals surface area contributed by atoms with E-state index in [0.29, 0.717) is 36.5 Å². The Morgan fingerprint density at radius 3 is 2.36 bits per heavy atom. The highest BCUT2D eigenvalue weighted by molar-refractivity contribution is 7.89. The van der Waals surface area contributed by atoms with Crippen molar-refractivity contribution in [3.05, 3.63) is 29.8 Å². The molecule has 1 aliphatic carbocycles. The van der Waals surface area contributed by atoms with Crippen LogP contribution in [0.2, 0.25) is 0 Å². The van der Waals surface area contributed by atoms with Crippen LogP contribution in [0.3, 0.4) is 0 Å². The Balaban J connectivity index is 1.57. The molecule has 0 unspecified atom stereocenters. The fraction of sp³-hybridized carbons (Fsp3) is 0.611. The summed E-state index contributed by atoms with van der Waals surface area (Å²) in [6.07, 6.45) is 7.99. The number of benzene rings is 1. The molecule has 0 spiro atoms. The van der Waals surface area contributed by atoms with Crippen LogP contribution in [-0.2, 0) is 16.6 Å². The lowest BCUT2D eigenvalue weighted by atomic mass is 9.96. The number of nitrogens with one attached hydrogen (secondary N) is 1. The predicted molar refractivity (Wildman–Crippen MR) is 99.8 cm³/mol. The first-order chi connectivity index (χ1) is 12.1. The quantitative estimate of drug-likeness (QED) is 0.619. The third-order valence-electron chi connectivity index (χ3n) is 5.02. The van der Waals surface area contributed by atoms with E-state index in [1.54, 1.807) is 16.4 Å². The van der Waals surface area contributed by atoms with Crippen LogP contribution in [0.4, 0.5) is 0 Å². The van der Waals surface area contributed by atoms with Crippen molar-refractivity contribution in [1.82, 2.24) is 9.62 Å². The molecule has 7 heteroatoms. The van der Waals surface area contributed by atoms with E-state index in [1.165, 1.54) is 19.3 Å². The molecule has 1 saturated carbocycles. The lowest BCUT2D eigenvalue weighted by molar-refractivity contribution is 0.412. The number of hydrogen-bond donors (Lipinski definition) is 2. The number of hydrogen-bond acceptors (Lipinski definition) is 3. The SMILES string of the molecule is NC(=NCc1ccc(S(=O)(=O)N2CCCC2)cc1)NC1CCCCC1. The second kappa shape index (κ2) is 8.19. The summed E-state index contributed by atoms with van der Waals surface area (Å²) in [7, 11) is -3.35. The van der Waals surface area contributed by atoms with Crippen molar-refractivity contribution in [2.24, 2.45) is 10.7 Å². The minimum absolute atomic E-state index is 0.357. The number of sulfonamides is 1. The van der Waals surface area contributed by atoms with Gasteiger partial charge in [0.25, 0.3) is 0 Å². The van der Waals surface area contributed by atoms with Crippen LogP contribution in [0.5, 0.6) is 0 Å². The van der Waals surface area contributed by atoms with Gasteiger partial charge in [0.1, 0.15) is 0 Å². The van der Waals surface area contributed by atoms with Crippen molar-refractivity contribution in [1.29, 1.82) is 0 Å². The van der Waals surface area contributed by atoms with Crippen molar-refractivity contribution in [3.63, 3.8) is 0 Å². The summed E-state index contributed by atoms with van der Waals surface area (Å²) in [4.78, 5) is 4.74. The summed E-state index contributed by atoms with van der Waals surface area (Å²) < 4.78 is 26.6. The summed E-state index contributed by atoms with van der Waals surface area (Å²) in [5.41, 5.74) is 6.92. The molecule has 0 atom stereocenters. The van der Waals surface area contributed by atoms with Crippen LogP contribution in [0, 0.1) is 0 Å². The molecule has 1 aromatic rings. The van der Waals surface area contributed by atoms with Crippen molar-refractivity contribution in [3.8, 4) is 0 Å². The molecule has 1 heterocycles. The first kappa shape index (κ1) is 18.2. The van der Waals surface area contributed by atoms with Crippen LogP contribution in [0.15, 0.2) is 34.2 Å². The first-order valence-corrected chi connectivity index (χ1v) is 10.7. The van der Waals surface area contributed by atoms with E-state index in [1.807, 2.05) is 12.1 Å². The zero-order valence-electron chi connectivity index (χ0n) is 14.7. The van der Waals surface area contributed by atoms with E-state index in [4.69, 9.17) is 5.73 Å². The summed E-state index contributed by atoms with van der Waals surface area (Å²) in [6.45, 7) is 1.70. The van der Waals surface area contributed by atoms with Gasteiger partial charge >= 0.3 is 0 Å². The first-order valence-electron chi connectivity index (χ1n) is 9.21. The van der Waals surface area contributed by atoms with Gasteiger partial charge in [0.05, 0.1) is 11.4 Å². The van der Waals surface area contributed by atoms with Crippen LogP contribution in [0.25, 0.3) is 0 Å². The van der Waals surface area contributed by atoms with Crippen molar-refractivity contribution in [2.75, 3.05) is 13.1 Å². The molecule has 2 fully saturated rings. The molecule has 2 aliphatic rings. The van der Waals surface area contributed by atoms with Crippen LogP contribution < -0.4 is 11.1 Å². The molecule has 1 aromatic carbocycles. The maximum Gasteiger partial charge on any atom is 0.243 e. The van der Waals surface area contributed by atoms with E-state index in [-0.39, 0.29) is 0 Å². The lowest BCUT2D eigenvalue weighted by Gasteiger charge is -2.23. The van der Waals surface area contributed by atoms with Gasteiger partial charge in [-0.1, -0.05) is 31.4 Å². The largest absolute Gasteiger partial charge is 0.370 e. The molecule has 0 radical (unpaired) electrons. The molecule has 1 aliphatic heterocycles. The third kappa shape index (κ3) is 4.73. The summed E-state index contributed by atoms with van der Waals surface area (Å²) >= 11 is 0. The monoisotopic (exact) mass is 364 g/mol. The van der Waals surface area contributed by atoms with Gasteiger partial charge in [-0.25, -0.2) is 13.4 Å². The Bertz CT molecular complexity index is 688. The molecular weight excluding hydrogens is 336 g/mol. The number of aliphatic imine (C=N–C) groups is 1. The molecule has 0 bridgehead atoms. The van der Waals surface area contributed by atoms with Crippen LogP contribution in [-0.4, -0.2) is 37.8 Å². The molecule has 138 valence electrons. The molecule has 0 aromatic heterocycles. The maximum atomic E-state index is 12.5. The van der Waals surface area contributed by atoms with Crippen LogP contribution in [0.1, 0.15) is 50.5 Å². The zero-order chi connectivity index (χ0) is 17.7. The number of guanidine groups is 1. The van der Waals surface area contributed by atoms with Crippen LogP contribution >= 0.6 is 0 Å². The Morgan fingerprint density at radius 2 is 1.72 bits per heavy atom. The second-order valence-corrected chi connectivity index (χ2v) is 8.87. The highest BCUT2D eigenvalue weighted by Crippen LogP contribution is 2.21. The average molecular weight is 365 g/mol. The number of nitrogens with two attached hydrogens (primary N) is 1. The fourth-order valence-electron chi connectivity index (χ4n) is 3.52. The lowest BCUT2D eigenvalue weighted by Crippen LogP contribution is -2.41. The number of nitrogens with zero attached hydrogens (tertiary/aromatic N) is 2. The van der Waals surface area contributed by atoms with Gasteiger partial charge in [-0.2, -0.15) is 4.31 Å². The second-order valence-electron chi connectivity index (χ2n) is 6.94. The average Bonchev–Trinajstić information content (AvgIpc) is 3.17. The molecule has 6 nitrogen and oxygen atoms in total. The molecule has 25 heavy (non-hydrogen) atoms. The van der Waals surface area contributed by atoms with Gasteiger partial charge in [-0.05, 0) is 43.4 Å². The van der Waals surface area contributed by atoms with E-state index >= 15 is 0 Å². The minimum Gasteiger partial charge on any atom is -0.370 e.